The minimum atomic E-state index is -0.0152. The quantitative estimate of drug-likeness (QED) is 0.562. The predicted octanol–water partition coefficient (Wildman–Crippen LogP) is 5.65. The summed E-state index contributed by atoms with van der Waals surface area (Å²) in [4.78, 5) is 18.6. The summed E-state index contributed by atoms with van der Waals surface area (Å²) in [5, 5.41) is 8.20. The molecular formula is C16H13ClN2OS3. The number of aromatic nitrogens is 1. The van der Waals surface area contributed by atoms with Crippen LogP contribution in [-0.4, -0.2) is 16.6 Å². The minimum absolute atomic E-state index is 0.0152. The Balaban J connectivity index is 1.47. The van der Waals surface area contributed by atoms with Gasteiger partial charge in [-0.3, -0.25) is 4.79 Å². The fourth-order valence-corrected chi connectivity index (χ4v) is 4.31. The lowest BCUT2D eigenvalue weighted by Gasteiger charge is -2.02. The van der Waals surface area contributed by atoms with E-state index >= 15 is 0 Å². The topological polar surface area (TPSA) is 42.0 Å². The highest BCUT2D eigenvalue weighted by Crippen LogP contribution is 2.28. The Morgan fingerprint density at radius 3 is 2.78 bits per heavy atom. The molecule has 0 aliphatic heterocycles. The van der Waals surface area contributed by atoms with Crippen LogP contribution in [0.2, 0.25) is 5.02 Å². The Kier molecular flexibility index (Phi) is 5.72. The summed E-state index contributed by atoms with van der Waals surface area (Å²) in [7, 11) is 0. The molecule has 0 aliphatic rings. The molecule has 3 aromatic rings. The number of thiophene rings is 1. The van der Waals surface area contributed by atoms with Gasteiger partial charge in [0.05, 0.1) is 10.6 Å². The number of halogens is 1. The fraction of sp³-hybridized carbons (Fsp3) is 0.125. The summed E-state index contributed by atoms with van der Waals surface area (Å²) in [6, 6.07) is 11.6. The lowest BCUT2D eigenvalue weighted by atomic mass is 10.4. The van der Waals surface area contributed by atoms with E-state index in [9.17, 15) is 4.79 Å². The molecule has 3 rings (SSSR count). The number of hydrogen-bond acceptors (Lipinski definition) is 5. The average Bonchev–Trinajstić information content (AvgIpc) is 3.20. The third kappa shape index (κ3) is 4.81. The van der Waals surface area contributed by atoms with Gasteiger partial charge in [0.15, 0.2) is 5.13 Å². The normalized spacial score (nSPS) is 10.7. The van der Waals surface area contributed by atoms with Crippen molar-refractivity contribution in [3.05, 3.63) is 52.2 Å². The molecule has 1 amide bonds. The first-order chi connectivity index (χ1) is 11.2. The number of thioether (sulfide) groups is 1. The van der Waals surface area contributed by atoms with Crippen LogP contribution in [-0.2, 0) is 4.79 Å². The number of rotatable bonds is 6. The Labute approximate surface area is 151 Å². The molecule has 1 aromatic carbocycles. The van der Waals surface area contributed by atoms with Crippen molar-refractivity contribution < 1.29 is 4.79 Å². The molecule has 0 spiro atoms. The lowest BCUT2D eigenvalue weighted by molar-refractivity contribution is -0.115. The highest BCUT2D eigenvalue weighted by Gasteiger charge is 2.08. The van der Waals surface area contributed by atoms with E-state index in [0.717, 1.165) is 26.2 Å². The van der Waals surface area contributed by atoms with E-state index in [1.807, 2.05) is 47.2 Å². The van der Waals surface area contributed by atoms with Crippen molar-refractivity contribution in [3.63, 3.8) is 0 Å². The summed E-state index contributed by atoms with van der Waals surface area (Å²) < 4.78 is 0. The van der Waals surface area contributed by atoms with E-state index in [2.05, 4.69) is 10.3 Å². The first-order valence-corrected chi connectivity index (χ1v) is 10.0. The van der Waals surface area contributed by atoms with Crippen LogP contribution in [0, 0.1) is 0 Å². The zero-order chi connectivity index (χ0) is 16.1. The van der Waals surface area contributed by atoms with Crippen molar-refractivity contribution in [1.82, 2.24) is 4.98 Å². The van der Waals surface area contributed by atoms with Gasteiger partial charge in [-0.1, -0.05) is 17.7 Å². The maximum atomic E-state index is 12.0. The second-order valence-electron chi connectivity index (χ2n) is 4.62. The standard InChI is InChI=1S/C16H13ClN2OS3/c17-11-3-5-12(6-4-11)21-9-7-15(20)19-16-18-13(10-23-16)14-2-1-8-22-14/h1-6,8,10H,7,9H2,(H,18,19,20). The molecule has 118 valence electrons. The van der Waals surface area contributed by atoms with Crippen molar-refractivity contribution in [2.45, 2.75) is 11.3 Å². The van der Waals surface area contributed by atoms with Gasteiger partial charge in [0.2, 0.25) is 5.91 Å². The van der Waals surface area contributed by atoms with Crippen LogP contribution < -0.4 is 5.32 Å². The van der Waals surface area contributed by atoms with Gasteiger partial charge in [-0.05, 0) is 35.7 Å². The molecule has 1 N–H and O–H groups in total. The Hall–Kier alpha value is -1.34. The van der Waals surface area contributed by atoms with Gasteiger partial charge in [-0.25, -0.2) is 4.98 Å². The molecule has 2 heterocycles. The Morgan fingerprint density at radius 2 is 2.04 bits per heavy atom. The van der Waals surface area contributed by atoms with Crippen LogP contribution in [0.15, 0.2) is 52.1 Å². The molecular weight excluding hydrogens is 368 g/mol. The zero-order valence-electron chi connectivity index (χ0n) is 12.0. The third-order valence-corrected chi connectivity index (χ3v) is 5.85. The Bertz CT molecular complexity index is 769. The number of hydrogen-bond donors (Lipinski definition) is 1. The molecule has 0 radical (unpaired) electrons. The number of nitrogens with one attached hydrogen (secondary N) is 1. The fourth-order valence-electron chi connectivity index (χ4n) is 1.84. The summed E-state index contributed by atoms with van der Waals surface area (Å²) in [5.74, 6) is 0.704. The number of carbonyl (C=O) groups is 1. The first-order valence-electron chi connectivity index (χ1n) is 6.88. The van der Waals surface area contributed by atoms with Crippen LogP contribution in [0.1, 0.15) is 6.42 Å². The van der Waals surface area contributed by atoms with Crippen molar-refractivity contribution in [2.75, 3.05) is 11.1 Å². The van der Waals surface area contributed by atoms with Crippen LogP contribution in [0.3, 0.4) is 0 Å². The number of amides is 1. The highest BCUT2D eigenvalue weighted by atomic mass is 35.5. The number of benzene rings is 1. The van der Waals surface area contributed by atoms with Crippen LogP contribution in [0.5, 0.6) is 0 Å². The number of carbonyl (C=O) groups excluding carboxylic acids is 1. The van der Waals surface area contributed by atoms with Gasteiger partial charge in [-0.2, -0.15) is 0 Å². The van der Waals surface area contributed by atoms with Gasteiger partial charge in [0.1, 0.15) is 0 Å². The van der Waals surface area contributed by atoms with Crippen LogP contribution in [0.25, 0.3) is 10.6 Å². The SMILES string of the molecule is O=C(CCSc1ccc(Cl)cc1)Nc1nc(-c2cccs2)cs1. The molecule has 2 aromatic heterocycles. The Morgan fingerprint density at radius 1 is 1.22 bits per heavy atom. The van der Waals surface area contributed by atoms with Crippen molar-refractivity contribution in [3.8, 4) is 10.6 Å². The molecule has 0 bridgehead atoms. The first kappa shape index (κ1) is 16.5. The lowest BCUT2D eigenvalue weighted by Crippen LogP contribution is -2.11. The predicted molar refractivity (Wildman–Crippen MR) is 101 cm³/mol. The van der Waals surface area contributed by atoms with Crippen molar-refractivity contribution >= 4 is 57.1 Å². The van der Waals surface area contributed by atoms with Gasteiger partial charge in [-0.15, -0.1) is 34.4 Å². The van der Waals surface area contributed by atoms with Gasteiger partial charge in [0, 0.05) is 27.5 Å². The van der Waals surface area contributed by atoms with E-state index in [0.29, 0.717) is 11.6 Å². The summed E-state index contributed by atoms with van der Waals surface area (Å²) in [6.45, 7) is 0. The summed E-state index contributed by atoms with van der Waals surface area (Å²) in [5.41, 5.74) is 0.913. The maximum absolute atomic E-state index is 12.0. The number of thiazole rings is 1. The van der Waals surface area contributed by atoms with Crippen molar-refractivity contribution in [1.29, 1.82) is 0 Å². The van der Waals surface area contributed by atoms with Gasteiger partial charge < -0.3 is 5.32 Å². The highest BCUT2D eigenvalue weighted by molar-refractivity contribution is 7.99. The van der Waals surface area contributed by atoms with E-state index < -0.39 is 0 Å². The van der Waals surface area contributed by atoms with E-state index in [4.69, 9.17) is 11.6 Å². The average molecular weight is 381 g/mol. The molecule has 0 saturated heterocycles. The van der Waals surface area contributed by atoms with Gasteiger partial charge in [0.25, 0.3) is 0 Å². The molecule has 0 saturated carbocycles. The smallest absolute Gasteiger partial charge is 0.226 e. The minimum Gasteiger partial charge on any atom is -0.302 e. The largest absolute Gasteiger partial charge is 0.302 e. The van der Waals surface area contributed by atoms with E-state index in [1.54, 1.807) is 23.1 Å². The van der Waals surface area contributed by atoms with Crippen LogP contribution in [0.4, 0.5) is 5.13 Å². The maximum Gasteiger partial charge on any atom is 0.226 e. The second kappa shape index (κ2) is 7.97. The molecule has 23 heavy (non-hydrogen) atoms. The summed E-state index contributed by atoms with van der Waals surface area (Å²) >= 11 is 10.6. The monoisotopic (exact) mass is 380 g/mol. The second-order valence-corrected chi connectivity index (χ2v) is 8.03. The number of nitrogens with zero attached hydrogens (tertiary/aromatic N) is 1. The van der Waals surface area contributed by atoms with Gasteiger partial charge >= 0.3 is 0 Å². The molecule has 7 heteroatoms. The van der Waals surface area contributed by atoms with E-state index in [-0.39, 0.29) is 5.91 Å². The molecule has 0 atom stereocenters. The van der Waals surface area contributed by atoms with Crippen molar-refractivity contribution in [2.24, 2.45) is 0 Å². The molecule has 0 aliphatic carbocycles. The molecule has 0 fully saturated rings. The molecule has 3 nitrogen and oxygen atoms in total. The number of anilines is 1. The third-order valence-electron chi connectivity index (χ3n) is 2.94. The van der Waals surface area contributed by atoms with E-state index in [1.165, 1.54) is 11.3 Å². The molecule has 0 unspecified atom stereocenters. The zero-order valence-corrected chi connectivity index (χ0v) is 15.2. The van der Waals surface area contributed by atoms with Crippen LogP contribution >= 0.6 is 46.0 Å². The summed E-state index contributed by atoms with van der Waals surface area (Å²) in [6.07, 6.45) is 0.446.